The van der Waals surface area contributed by atoms with Gasteiger partial charge < -0.3 is 0 Å². The number of nitrogens with one attached hydrogen (secondary N) is 1. The van der Waals surface area contributed by atoms with Gasteiger partial charge in [-0.05, 0) is 55.6 Å². The molecule has 1 aliphatic carbocycles. The maximum Gasteiger partial charge on any atom is 0.201 e. The number of hydrogen-bond donors (Lipinski definition) is 1. The van der Waals surface area contributed by atoms with Crippen molar-refractivity contribution in [2.24, 2.45) is 0 Å². The summed E-state index contributed by atoms with van der Waals surface area (Å²) in [6.07, 6.45) is 9.62. The molecule has 0 amide bonds. The van der Waals surface area contributed by atoms with Crippen molar-refractivity contribution in [3.63, 3.8) is 0 Å². The second-order valence-electron chi connectivity index (χ2n) is 6.10. The standard InChI is InChI=1S/C17H15N5S2/c23-17-21-20-15-13-11-4-2-1-3-5-12(11)24-16(13)19-14(22(15)17)10-6-8-18-9-7-10/h6-9H,1-5H2,(H,21,23). The minimum Gasteiger partial charge on any atom is -0.265 e. The Hall–Kier alpha value is -2.12. The summed E-state index contributed by atoms with van der Waals surface area (Å²) in [4.78, 5) is 11.6. The number of aryl methyl sites for hydroxylation is 2. The molecule has 4 aromatic heterocycles. The summed E-state index contributed by atoms with van der Waals surface area (Å²) < 4.78 is 2.55. The molecule has 1 aliphatic rings. The van der Waals surface area contributed by atoms with Gasteiger partial charge in [0, 0.05) is 22.8 Å². The molecule has 24 heavy (non-hydrogen) atoms. The summed E-state index contributed by atoms with van der Waals surface area (Å²) in [6.45, 7) is 0. The molecule has 0 spiro atoms. The number of nitrogens with zero attached hydrogens (tertiary/aromatic N) is 4. The first-order chi connectivity index (χ1) is 11.8. The number of H-pyrrole nitrogens is 1. The van der Waals surface area contributed by atoms with Gasteiger partial charge in [0.1, 0.15) is 10.7 Å². The largest absolute Gasteiger partial charge is 0.265 e. The van der Waals surface area contributed by atoms with Crippen LogP contribution in [-0.4, -0.2) is 24.6 Å². The van der Waals surface area contributed by atoms with Crippen LogP contribution in [-0.2, 0) is 12.8 Å². The van der Waals surface area contributed by atoms with E-state index in [4.69, 9.17) is 17.2 Å². The lowest BCUT2D eigenvalue weighted by Crippen LogP contribution is -1.98. The number of fused-ring (bicyclic) bond motifs is 5. The lowest BCUT2D eigenvalue weighted by atomic mass is 10.1. The monoisotopic (exact) mass is 353 g/mol. The van der Waals surface area contributed by atoms with Crippen molar-refractivity contribution in [1.29, 1.82) is 0 Å². The van der Waals surface area contributed by atoms with Crippen LogP contribution in [0.15, 0.2) is 24.5 Å². The van der Waals surface area contributed by atoms with E-state index < -0.39 is 0 Å². The van der Waals surface area contributed by atoms with Crippen molar-refractivity contribution >= 4 is 39.4 Å². The maximum absolute atomic E-state index is 5.49. The third-order valence-electron chi connectivity index (χ3n) is 4.66. The highest BCUT2D eigenvalue weighted by Crippen LogP contribution is 2.38. The van der Waals surface area contributed by atoms with Crippen LogP contribution in [0.1, 0.15) is 29.7 Å². The Morgan fingerprint density at radius 3 is 2.83 bits per heavy atom. The predicted octanol–water partition coefficient (Wildman–Crippen LogP) is 4.33. The van der Waals surface area contributed by atoms with Gasteiger partial charge in [-0.2, -0.15) is 5.10 Å². The molecule has 0 aromatic carbocycles. The Morgan fingerprint density at radius 2 is 1.96 bits per heavy atom. The number of aromatic amines is 1. The van der Waals surface area contributed by atoms with E-state index in [1.807, 2.05) is 27.9 Å². The average molecular weight is 353 g/mol. The SMILES string of the molecule is S=c1[nH]nc2c3c4c(sc3nc(-c3ccncc3)n12)CCCCC4. The van der Waals surface area contributed by atoms with Crippen LogP contribution >= 0.6 is 23.6 Å². The van der Waals surface area contributed by atoms with Crippen LogP contribution in [0.5, 0.6) is 0 Å². The highest BCUT2D eigenvalue weighted by atomic mass is 32.1. The summed E-state index contributed by atoms with van der Waals surface area (Å²) in [6, 6.07) is 3.92. The molecule has 0 bridgehead atoms. The Morgan fingerprint density at radius 1 is 1.12 bits per heavy atom. The molecular formula is C17H15N5S2. The zero-order valence-electron chi connectivity index (χ0n) is 13.0. The van der Waals surface area contributed by atoms with Crippen molar-refractivity contribution in [1.82, 2.24) is 24.6 Å². The predicted molar refractivity (Wildman–Crippen MR) is 98.0 cm³/mol. The van der Waals surface area contributed by atoms with Crippen LogP contribution in [0.2, 0.25) is 0 Å². The van der Waals surface area contributed by atoms with Crippen molar-refractivity contribution in [2.75, 3.05) is 0 Å². The van der Waals surface area contributed by atoms with Gasteiger partial charge in [-0.1, -0.05) is 6.42 Å². The molecule has 5 rings (SSSR count). The first-order valence-corrected chi connectivity index (χ1v) is 9.37. The lowest BCUT2D eigenvalue weighted by Gasteiger charge is -2.06. The van der Waals surface area contributed by atoms with Crippen LogP contribution in [0.4, 0.5) is 0 Å². The molecular weight excluding hydrogens is 338 g/mol. The Balaban J connectivity index is 1.92. The van der Waals surface area contributed by atoms with Gasteiger partial charge in [-0.25, -0.2) is 4.98 Å². The molecule has 0 fully saturated rings. The Kier molecular flexibility index (Phi) is 3.24. The highest BCUT2D eigenvalue weighted by Gasteiger charge is 2.21. The fraction of sp³-hybridized carbons (Fsp3) is 0.294. The van der Waals surface area contributed by atoms with Crippen molar-refractivity contribution in [2.45, 2.75) is 32.1 Å². The smallest absolute Gasteiger partial charge is 0.201 e. The molecule has 0 unspecified atom stereocenters. The topological polar surface area (TPSA) is 58.9 Å². The van der Waals surface area contributed by atoms with Gasteiger partial charge in [-0.3, -0.25) is 14.5 Å². The third kappa shape index (κ3) is 2.04. The van der Waals surface area contributed by atoms with Gasteiger partial charge in [0.05, 0.1) is 5.39 Å². The summed E-state index contributed by atoms with van der Waals surface area (Å²) in [5, 5.41) is 8.68. The van der Waals surface area contributed by atoms with E-state index in [9.17, 15) is 0 Å². The average Bonchev–Trinajstić information content (AvgIpc) is 3.07. The normalized spacial score (nSPS) is 14.8. The quantitative estimate of drug-likeness (QED) is 0.409. The number of pyridine rings is 1. The third-order valence-corrected chi connectivity index (χ3v) is 6.12. The van der Waals surface area contributed by atoms with Gasteiger partial charge in [0.2, 0.25) is 4.77 Å². The van der Waals surface area contributed by atoms with E-state index in [0.29, 0.717) is 4.77 Å². The summed E-state index contributed by atoms with van der Waals surface area (Å²) in [5.74, 6) is 0.829. The molecule has 5 nitrogen and oxygen atoms in total. The molecule has 1 N–H and O–H groups in total. The molecule has 4 heterocycles. The van der Waals surface area contributed by atoms with Gasteiger partial charge in [0.15, 0.2) is 5.65 Å². The second kappa shape index (κ2) is 5.46. The van der Waals surface area contributed by atoms with Crippen LogP contribution in [0.3, 0.4) is 0 Å². The summed E-state index contributed by atoms with van der Waals surface area (Å²) in [7, 11) is 0. The molecule has 0 saturated heterocycles. The van der Waals surface area contributed by atoms with E-state index in [1.54, 1.807) is 12.4 Å². The molecule has 120 valence electrons. The van der Waals surface area contributed by atoms with Crippen LogP contribution in [0.25, 0.3) is 27.3 Å². The Bertz CT molecular complexity index is 1110. The first-order valence-electron chi connectivity index (χ1n) is 8.15. The highest BCUT2D eigenvalue weighted by molar-refractivity contribution is 7.71. The van der Waals surface area contributed by atoms with E-state index >= 15 is 0 Å². The maximum atomic E-state index is 5.49. The molecule has 0 aliphatic heterocycles. The molecule has 0 radical (unpaired) electrons. The minimum atomic E-state index is 0.583. The number of hydrogen-bond acceptors (Lipinski definition) is 5. The molecule has 4 aromatic rings. The second-order valence-corrected chi connectivity index (χ2v) is 7.57. The lowest BCUT2D eigenvalue weighted by molar-refractivity contribution is 0.713. The summed E-state index contributed by atoms with van der Waals surface area (Å²) in [5.41, 5.74) is 3.33. The molecule has 0 saturated carbocycles. The summed E-state index contributed by atoms with van der Waals surface area (Å²) >= 11 is 7.30. The Labute approximate surface area is 147 Å². The van der Waals surface area contributed by atoms with Crippen molar-refractivity contribution < 1.29 is 0 Å². The molecule has 7 heteroatoms. The van der Waals surface area contributed by atoms with E-state index in [0.717, 1.165) is 34.7 Å². The van der Waals surface area contributed by atoms with Crippen LogP contribution < -0.4 is 0 Å². The van der Waals surface area contributed by atoms with Gasteiger partial charge >= 0.3 is 0 Å². The zero-order chi connectivity index (χ0) is 16.1. The van der Waals surface area contributed by atoms with Crippen LogP contribution in [0, 0.1) is 4.77 Å². The molecule has 0 atom stereocenters. The number of aromatic nitrogens is 5. The minimum absolute atomic E-state index is 0.583. The van der Waals surface area contributed by atoms with E-state index in [2.05, 4.69) is 15.2 Å². The van der Waals surface area contributed by atoms with Gasteiger partial charge in [0.25, 0.3) is 0 Å². The van der Waals surface area contributed by atoms with Crippen molar-refractivity contribution in [3.8, 4) is 11.4 Å². The van der Waals surface area contributed by atoms with E-state index in [1.165, 1.54) is 35.1 Å². The van der Waals surface area contributed by atoms with Crippen molar-refractivity contribution in [3.05, 3.63) is 39.7 Å². The van der Waals surface area contributed by atoms with Gasteiger partial charge in [-0.15, -0.1) is 11.3 Å². The number of rotatable bonds is 1. The fourth-order valence-corrected chi connectivity index (χ4v) is 5.01. The zero-order valence-corrected chi connectivity index (χ0v) is 14.6. The van der Waals surface area contributed by atoms with E-state index in [-0.39, 0.29) is 0 Å². The first kappa shape index (κ1) is 14.2. The number of thiophene rings is 1. The fourth-order valence-electron chi connectivity index (χ4n) is 3.54.